The van der Waals surface area contributed by atoms with Crippen LogP contribution in [0.4, 0.5) is 0 Å². The van der Waals surface area contributed by atoms with Gasteiger partial charge in [0.15, 0.2) is 0 Å². The van der Waals surface area contributed by atoms with Gasteiger partial charge in [-0.25, -0.2) is 0 Å². The highest BCUT2D eigenvalue weighted by Gasteiger charge is 2.02. The van der Waals surface area contributed by atoms with Gasteiger partial charge < -0.3 is 11.1 Å². The van der Waals surface area contributed by atoms with E-state index in [1.54, 1.807) is 0 Å². The number of unbranched alkanes of at least 4 members (excludes halogenated alkanes) is 2. The topological polar surface area (TPSA) is 38.0 Å². The van der Waals surface area contributed by atoms with E-state index in [1.807, 2.05) is 0 Å². The van der Waals surface area contributed by atoms with Crippen molar-refractivity contribution in [2.75, 3.05) is 13.1 Å². The molecule has 0 rings (SSSR count). The van der Waals surface area contributed by atoms with Gasteiger partial charge in [0.05, 0.1) is 6.54 Å². The standard InChI is InChI=1S/C10H20N2/c1-3-5-6-7-10(9-11)12-8-4-2/h2,10,12H,3,5-9,11H2,1H3. The van der Waals surface area contributed by atoms with Crippen molar-refractivity contribution >= 4 is 0 Å². The maximum Gasteiger partial charge on any atom is 0.0576 e. The molecule has 1 unspecified atom stereocenters. The van der Waals surface area contributed by atoms with E-state index in [9.17, 15) is 0 Å². The van der Waals surface area contributed by atoms with Gasteiger partial charge in [-0.1, -0.05) is 32.1 Å². The minimum absolute atomic E-state index is 0.410. The van der Waals surface area contributed by atoms with Crippen LogP contribution in [0.15, 0.2) is 0 Å². The average Bonchev–Trinajstić information content (AvgIpc) is 2.11. The zero-order chi connectivity index (χ0) is 9.23. The number of hydrogen-bond acceptors (Lipinski definition) is 2. The summed E-state index contributed by atoms with van der Waals surface area (Å²) in [6.45, 7) is 3.52. The predicted molar refractivity (Wildman–Crippen MR) is 53.8 cm³/mol. The summed E-state index contributed by atoms with van der Waals surface area (Å²) < 4.78 is 0. The first kappa shape index (κ1) is 11.5. The second-order valence-electron chi connectivity index (χ2n) is 3.01. The van der Waals surface area contributed by atoms with Crippen LogP contribution in [-0.4, -0.2) is 19.1 Å². The van der Waals surface area contributed by atoms with E-state index in [1.165, 1.54) is 19.3 Å². The quantitative estimate of drug-likeness (QED) is 0.441. The van der Waals surface area contributed by atoms with Crippen LogP contribution in [-0.2, 0) is 0 Å². The molecule has 0 aromatic rings. The second kappa shape index (κ2) is 8.58. The van der Waals surface area contributed by atoms with E-state index in [2.05, 4.69) is 18.2 Å². The third-order valence-electron chi connectivity index (χ3n) is 1.93. The number of terminal acetylenes is 1. The van der Waals surface area contributed by atoms with Gasteiger partial charge in [0.1, 0.15) is 0 Å². The predicted octanol–water partition coefficient (Wildman–Crippen LogP) is 1.12. The molecule has 0 radical (unpaired) electrons. The fourth-order valence-electron chi connectivity index (χ4n) is 1.15. The Labute approximate surface area is 75.9 Å². The van der Waals surface area contributed by atoms with E-state index in [0.717, 1.165) is 6.42 Å². The Bertz CT molecular complexity index is 126. The third kappa shape index (κ3) is 6.21. The van der Waals surface area contributed by atoms with Crippen molar-refractivity contribution in [3.8, 4) is 12.3 Å². The highest BCUT2D eigenvalue weighted by Crippen LogP contribution is 2.01. The molecule has 0 aliphatic carbocycles. The highest BCUT2D eigenvalue weighted by atomic mass is 14.9. The van der Waals surface area contributed by atoms with Gasteiger partial charge in [-0.3, -0.25) is 0 Å². The Kier molecular flexibility index (Phi) is 8.20. The molecule has 0 heterocycles. The van der Waals surface area contributed by atoms with Crippen LogP contribution < -0.4 is 11.1 Å². The van der Waals surface area contributed by atoms with E-state index >= 15 is 0 Å². The molecule has 0 saturated carbocycles. The van der Waals surface area contributed by atoms with Gasteiger partial charge >= 0.3 is 0 Å². The fourth-order valence-corrected chi connectivity index (χ4v) is 1.15. The van der Waals surface area contributed by atoms with Crippen molar-refractivity contribution < 1.29 is 0 Å². The second-order valence-corrected chi connectivity index (χ2v) is 3.01. The van der Waals surface area contributed by atoms with E-state index < -0.39 is 0 Å². The molecule has 0 saturated heterocycles. The van der Waals surface area contributed by atoms with Crippen LogP contribution in [0.5, 0.6) is 0 Å². The Hall–Kier alpha value is -0.520. The first-order valence-corrected chi connectivity index (χ1v) is 4.72. The van der Waals surface area contributed by atoms with E-state index in [-0.39, 0.29) is 0 Å². The van der Waals surface area contributed by atoms with Gasteiger partial charge in [0.25, 0.3) is 0 Å². The number of rotatable bonds is 7. The lowest BCUT2D eigenvalue weighted by molar-refractivity contribution is 0.487. The molecule has 0 aliphatic rings. The Balaban J connectivity index is 3.34. The molecule has 0 aromatic heterocycles. The molecule has 2 nitrogen and oxygen atoms in total. The number of nitrogens with one attached hydrogen (secondary N) is 1. The van der Waals surface area contributed by atoms with Crippen LogP contribution in [0, 0.1) is 12.3 Å². The van der Waals surface area contributed by atoms with E-state index in [0.29, 0.717) is 19.1 Å². The first-order valence-electron chi connectivity index (χ1n) is 4.72. The molecule has 70 valence electrons. The van der Waals surface area contributed by atoms with Crippen molar-refractivity contribution in [2.45, 2.75) is 38.6 Å². The minimum Gasteiger partial charge on any atom is -0.329 e. The molecule has 0 bridgehead atoms. The van der Waals surface area contributed by atoms with E-state index in [4.69, 9.17) is 12.2 Å². The number of nitrogens with two attached hydrogens (primary N) is 1. The molecule has 0 spiro atoms. The maximum atomic E-state index is 5.56. The summed E-state index contributed by atoms with van der Waals surface area (Å²) in [5.41, 5.74) is 5.56. The Morgan fingerprint density at radius 2 is 2.25 bits per heavy atom. The molecular formula is C10H20N2. The molecule has 0 aliphatic heterocycles. The summed E-state index contributed by atoms with van der Waals surface area (Å²) in [6.07, 6.45) is 10.1. The van der Waals surface area contributed by atoms with Crippen LogP contribution in [0.2, 0.25) is 0 Å². The smallest absolute Gasteiger partial charge is 0.0576 e. The molecule has 1 atom stereocenters. The third-order valence-corrected chi connectivity index (χ3v) is 1.93. The van der Waals surface area contributed by atoms with Crippen LogP contribution in [0.3, 0.4) is 0 Å². The highest BCUT2D eigenvalue weighted by molar-refractivity contribution is 4.88. The molecule has 0 aromatic carbocycles. The number of hydrogen-bond donors (Lipinski definition) is 2. The molecule has 12 heavy (non-hydrogen) atoms. The zero-order valence-electron chi connectivity index (χ0n) is 7.97. The van der Waals surface area contributed by atoms with Gasteiger partial charge in [0, 0.05) is 12.6 Å². The van der Waals surface area contributed by atoms with Gasteiger partial charge in [0.2, 0.25) is 0 Å². The lowest BCUT2D eigenvalue weighted by Crippen LogP contribution is -2.36. The summed E-state index contributed by atoms with van der Waals surface area (Å²) in [5, 5.41) is 3.22. The van der Waals surface area contributed by atoms with Crippen molar-refractivity contribution in [1.82, 2.24) is 5.32 Å². The van der Waals surface area contributed by atoms with Crippen molar-refractivity contribution in [3.63, 3.8) is 0 Å². The van der Waals surface area contributed by atoms with Crippen LogP contribution >= 0.6 is 0 Å². The molecule has 0 fully saturated rings. The largest absolute Gasteiger partial charge is 0.329 e. The van der Waals surface area contributed by atoms with Gasteiger partial charge in [-0.2, -0.15) is 0 Å². The Morgan fingerprint density at radius 3 is 2.75 bits per heavy atom. The van der Waals surface area contributed by atoms with Crippen molar-refractivity contribution in [1.29, 1.82) is 0 Å². The van der Waals surface area contributed by atoms with Gasteiger partial charge in [-0.05, 0) is 6.42 Å². The lowest BCUT2D eigenvalue weighted by atomic mass is 10.1. The molecule has 0 amide bonds. The SMILES string of the molecule is C#CCNC(CN)CCCCC. The summed E-state index contributed by atoms with van der Waals surface area (Å²) in [7, 11) is 0. The maximum absolute atomic E-state index is 5.56. The average molecular weight is 168 g/mol. The summed E-state index contributed by atoms with van der Waals surface area (Å²) >= 11 is 0. The van der Waals surface area contributed by atoms with Crippen LogP contribution in [0.1, 0.15) is 32.6 Å². The summed E-state index contributed by atoms with van der Waals surface area (Å²) in [5.74, 6) is 2.56. The van der Waals surface area contributed by atoms with Crippen LogP contribution in [0.25, 0.3) is 0 Å². The normalized spacial score (nSPS) is 12.4. The van der Waals surface area contributed by atoms with Crippen molar-refractivity contribution in [3.05, 3.63) is 0 Å². The minimum atomic E-state index is 0.410. The fraction of sp³-hybridized carbons (Fsp3) is 0.800. The monoisotopic (exact) mass is 168 g/mol. The molecule has 3 N–H and O–H groups in total. The molecular weight excluding hydrogens is 148 g/mol. The summed E-state index contributed by atoms with van der Waals surface area (Å²) in [4.78, 5) is 0. The van der Waals surface area contributed by atoms with Gasteiger partial charge in [-0.15, -0.1) is 6.42 Å². The zero-order valence-corrected chi connectivity index (χ0v) is 7.97. The Morgan fingerprint density at radius 1 is 1.50 bits per heavy atom. The lowest BCUT2D eigenvalue weighted by Gasteiger charge is -2.14. The first-order chi connectivity index (χ1) is 5.85. The molecule has 2 heteroatoms. The van der Waals surface area contributed by atoms with Crippen molar-refractivity contribution in [2.24, 2.45) is 5.73 Å². The summed E-state index contributed by atoms with van der Waals surface area (Å²) in [6, 6.07) is 0.410.